The van der Waals surface area contributed by atoms with Crippen molar-refractivity contribution < 1.29 is 0 Å². The third-order valence-corrected chi connectivity index (χ3v) is 1.06. The highest BCUT2D eigenvalue weighted by Gasteiger charge is 1.90. The molecule has 0 aliphatic heterocycles. The van der Waals surface area contributed by atoms with Crippen LogP contribution in [0.15, 0.2) is 12.3 Å². The van der Waals surface area contributed by atoms with Crippen LogP contribution < -0.4 is 11.5 Å². The fourth-order valence-electron chi connectivity index (χ4n) is 0.549. The molecular weight excluding hydrogens is 100 g/mol. The van der Waals surface area contributed by atoms with Crippen LogP contribution in [0.1, 0.15) is 13.3 Å². The lowest BCUT2D eigenvalue weighted by molar-refractivity contribution is 0.657. The molecule has 0 heterocycles. The molecule has 0 spiro atoms. The maximum Gasteiger partial charge on any atom is -0.00718 e. The van der Waals surface area contributed by atoms with Crippen molar-refractivity contribution in [2.75, 3.05) is 6.54 Å². The van der Waals surface area contributed by atoms with Crippen LogP contribution in [0, 0.1) is 5.92 Å². The topological polar surface area (TPSA) is 52.0 Å². The predicted octanol–water partition coefficient (Wildman–Crippen LogP) is 0.444. The van der Waals surface area contributed by atoms with E-state index >= 15 is 0 Å². The van der Waals surface area contributed by atoms with Crippen molar-refractivity contribution in [1.29, 1.82) is 0 Å². The summed E-state index contributed by atoms with van der Waals surface area (Å²) in [5.41, 5.74) is 10.4. The smallest absolute Gasteiger partial charge is 0.00718 e. The van der Waals surface area contributed by atoms with E-state index in [1.807, 2.05) is 6.08 Å². The van der Waals surface area contributed by atoms with Crippen LogP contribution in [0.2, 0.25) is 0 Å². The monoisotopic (exact) mass is 114 g/mol. The van der Waals surface area contributed by atoms with Crippen molar-refractivity contribution in [3.63, 3.8) is 0 Å². The molecule has 0 amide bonds. The summed E-state index contributed by atoms with van der Waals surface area (Å²) >= 11 is 0. The maximum absolute atomic E-state index is 5.28. The molecule has 0 aromatic heterocycles. The highest BCUT2D eigenvalue weighted by Crippen LogP contribution is 1.99. The van der Waals surface area contributed by atoms with E-state index in [1.165, 1.54) is 0 Å². The van der Waals surface area contributed by atoms with Crippen molar-refractivity contribution in [1.82, 2.24) is 0 Å². The van der Waals surface area contributed by atoms with Gasteiger partial charge in [0, 0.05) is 0 Å². The lowest BCUT2D eigenvalue weighted by Crippen LogP contribution is -2.03. The first-order chi connectivity index (χ1) is 3.81. The van der Waals surface area contributed by atoms with E-state index in [1.54, 1.807) is 6.20 Å². The van der Waals surface area contributed by atoms with Crippen molar-refractivity contribution in [2.45, 2.75) is 13.3 Å². The van der Waals surface area contributed by atoms with Crippen LogP contribution in [-0.2, 0) is 0 Å². The van der Waals surface area contributed by atoms with Gasteiger partial charge in [-0.3, -0.25) is 0 Å². The van der Waals surface area contributed by atoms with E-state index in [0.717, 1.165) is 13.0 Å². The van der Waals surface area contributed by atoms with Crippen molar-refractivity contribution in [2.24, 2.45) is 17.4 Å². The van der Waals surface area contributed by atoms with Crippen LogP contribution in [0.3, 0.4) is 0 Å². The maximum atomic E-state index is 5.28. The number of allylic oxidation sites excluding steroid dienone is 1. The van der Waals surface area contributed by atoms with Crippen LogP contribution in [-0.4, -0.2) is 6.54 Å². The van der Waals surface area contributed by atoms with Gasteiger partial charge in [-0.2, -0.15) is 0 Å². The van der Waals surface area contributed by atoms with Gasteiger partial charge in [0.1, 0.15) is 0 Å². The van der Waals surface area contributed by atoms with E-state index in [2.05, 4.69) is 6.92 Å². The summed E-state index contributed by atoms with van der Waals surface area (Å²) in [6.45, 7) is 2.84. The molecule has 1 unspecified atom stereocenters. The third-order valence-electron chi connectivity index (χ3n) is 1.06. The Labute approximate surface area is 50.6 Å². The fourth-order valence-corrected chi connectivity index (χ4v) is 0.549. The van der Waals surface area contributed by atoms with E-state index < -0.39 is 0 Å². The summed E-state index contributed by atoms with van der Waals surface area (Å²) in [6, 6.07) is 0. The number of rotatable bonds is 3. The average Bonchev–Trinajstić information content (AvgIpc) is 1.68. The molecule has 48 valence electrons. The minimum atomic E-state index is 0.532. The molecule has 8 heavy (non-hydrogen) atoms. The third kappa shape index (κ3) is 3.68. The van der Waals surface area contributed by atoms with E-state index in [9.17, 15) is 0 Å². The normalized spacial score (nSPS) is 14.8. The second-order valence-electron chi connectivity index (χ2n) is 1.94. The molecule has 1 atom stereocenters. The highest BCUT2D eigenvalue weighted by atomic mass is 14.5. The van der Waals surface area contributed by atoms with Gasteiger partial charge in [-0.05, 0) is 25.1 Å². The molecular formula is C6H14N2. The van der Waals surface area contributed by atoms with E-state index in [-0.39, 0.29) is 0 Å². The van der Waals surface area contributed by atoms with E-state index in [4.69, 9.17) is 11.5 Å². The Hall–Kier alpha value is -0.500. The quantitative estimate of drug-likeness (QED) is 0.559. The van der Waals surface area contributed by atoms with Gasteiger partial charge in [0.05, 0.1) is 0 Å². The summed E-state index contributed by atoms with van der Waals surface area (Å²) in [6.07, 6.45) is 4.54. The zero-order chi connectivity index (χ0) is 6.41. The van der Waals surface area contributed by atoms with Gasteiger partial charge in [0.2, 0.25) is 0 Å². The Morgan fingerprint density at radius 1 is 1.62 bits per heavy atom. The Kier molecular flexibility index (Phi) is 4.36. The van der Waals surface area contributed by atoms with Crippen molar-refractivity contribution in [3.05, 3.63) is 12.3 Å². The van der Waals surface area contributed by atoms with Crippen LogP contribution >= 0.6 is 0 Å². The lowest BCUT2D eigenvalue weighted by atomic mass is 10.1. The first-order valence-corrected chi connectivity index (χ1v) is 2.89. The molecule has 0 aromatic rings. The Morgan fingerprint density at radius 3 is 2.62 bits per heavy atom. The lowest BCUT2D eigenvalue weighted by Gasteiger charge is -1.99. The molecule has 0 rings (SSSR count). The largest absolute Gasteiger partial charge is 0.405 e. The molecule has 2 heteroatoms. The van der Waals surface area contributed by atoms with Gasteiger partial charge < -0.3 is 11.5 Å². The van der Waals surface area contributed by atoms with Gasteiger partial charge in [-0.1, -0.05) is 13.0 Å². The number of hydrogen-bond acceptors (Lipinski definition) is 2. The predicted molar refractivity (Wildman–Crippen MR) is 36.2 cm³/mol. The van der Waals surface area contributed by atoms with Crippen LogP contribution in [0.5, 0.6) is 0 Å². The molecule has 0 fully saturated rings. The van der Waals surface area contributed by atoms with Gasteiger partial charge >= 0.3 is 0 Å². The second kappa shape index (κ2) is 4.65. The second-order valence-corrected chi connectivity index (χ2v) is 1.94. The number of nitrogens with two attached hydrogens (primary N) is 2. The average molecular weight is 114 g/mol. The zero-order valence-electron chi connectivity index (χ0n) is 5.30. The standard InChI is InChI=1S/C6H14N2/c1-6(2-4-7)3-5-8/h2,4,6H,3,5,7-8H2,1H3. The molecule has 0 bridgehead atoms. The summed E-state index contributed by atoms with van der Waals surface area (Å²) in [7, 11) is 0. The van der Waals surface area contributed by atoms with Crippen molar-refractivity contribution in [3.8, 4) is 0 Å². The Bertz CT molecular complexity index is 68.9. The van der Waals surface area contributed by atoms with Crippen molar-refractivity contribution >= 4 is 0 Å². The zero-order valence-corrected chi connectivity index (χ0v) is 5.30. The minimum absolute atomic E-state index is 0.532. The molecule has 4 N–H and O–H groups in total. The summed E-state index contributed by atoms with van der Waals surface area (Å²) in [4.78, 5) is 0. The first-order valence-electron chi connectivity index (χ1n) is 2.89. The van der Waals surface area contributed by atoms with Gasteiger partial charge in [-0.15, -0.1) is 0 Å². The van der Waals surface area contributed by atoms with Crippen LogP contribution in [0.4, 0.5) is 0 Å². The first kappa shape index (κ1) is 7.50. The molecule has 0 saturated carbocycles. The minimum Gasteiger partial charge on any atom is -0.405 e. The Balaban J connectivity index is 3.17. The molecule has 2 nitrogen and oxygen atoms in total. The number of hydrogen-bond donors (Lipinski definition) is 2. The molecule has 0 aliphatic carbocycles. The van der Waals surface area contributed by atoms with Gasteiger partial charge in [-0.25, -0.2) is 0 Å². The summed E-state index contributed by atoms with van der Waals surface area (Å²) in [5, 5.41) is 0. The molecule has 0 radical (unpaired) electrons. The summed E-state index contributed by atoms with van der Waals surface area (Å²) < 4.78 is 0. The fraction of sp³-hybridized carbons (Fsp3) is 0.667. The van der Waals surface area contributed by atoms with Gasteiger partial charge in [0.15, 0.2) is 0 Å². The summed E-state index contributed by atoms with van der Waals surface area (Å²) in [5.74, 6) is 0.532. The highest BCUT2D eigenvalue weighted by molar-refractivity contribution is 4.81. The SMILES string of the molecule is CC(C=CN)CCN. The molecule has 0 aromatic carbocycles. The van der Waals surface area contributed by atoms with Crippen LogP contribution in [0.25, 0.3) is 0 Å². The van der Waals surface area contributed by atoms with E-state index in [0.29, 0.717) is 5.92 Å². The molecule has 0 saturated heterocycles. The molecule has 0 aliphatic rings. The van der Waals surface area contributed by atoms with Gasteiger partial charge in [0.25, 0.3) is 0 Å². The Morgan fingerprint density at radius 2 is 2.25 bits per heavy atom.